The molecule has 1 N–H and O–H groups in total. The van der Waals surface area contributed by atoms with E-state index in [1.807, 2.05) is 30.3 Å². The Hall–Kier alpha value is -2.40. The topological polar surface area (TPSA) is 51.2 Å². The normalized spacial score (nSPS) is 10.7. The molecule has 118 valence electrons. The number of amides is 1. The van der Waals surface area contributed by atoms with Gasteiger partial charge in [0.15, 0.2) is 5.13 Å². The number of carbonyl (C=O) groups is 1. The number of hydrogen-bond acceptors (Lipinski definition) is 4. The molecular formula is C18H18N2O2S. The second-order valence-electron chi connectivity index (χ2n) is 5.21. The lowest BCUT2D eigenvalue weighted by molar-refractivity contribution is -0.115. The predicted molar refractivity (Wildman–Crippen MR) is 94.3 cm³/mol. The highest BCUT2D eigenvalue weighted by molar-refractivity contribution is 7.22. The van der Waals surface area contributed by atoms with Crippen molar-refractivity contribution < 1.29 is 9.53 Å². The first-order valence-corrected chi connectivity index (χ1v) is 8.32. The average molecular weight is 326 g/mol. The van der Waals surface area contributed by atoms with Gasteiger partial charge in [-0.2, -0.15) is 0 Å². The van der Waals surface area contributed by atoms with Gasteiger partial charge in [0.1, 0.15) is 5.75 Å². The Balaban J connectivity index is 1.75. The van der Waals surface area contributed by atoms with E-state index < -0.39 is 0 Å². The minimum absolute atomic E-state index is 0.0933. The third-order valence-corrected chi connectivity index (χ3v) is 4.58. The van der Waals surface area contributed by atoms with Gasteiger partial charge in [-0.3, -0.25) is 4.79 Å². The molecule has 0 unspecified atom stereocenters. The number of anilines is 1. The van der Waals surface area contributed by atoms with Crippen LogP contribution in [0.4, 0.5) is 5.13 Å². The van der Waals surface area contributed by atoms with E-state index in [0.717, 1.165) is 28.0 Å². The fourth-order valence-electron chi connectivity index (χ4n) is 2.43. The van der Waals surface area contributed by atoms with E-state index in [4.69, 9.17) is 4.74 Å². The van der Waals surface area contributed by atoms with Gasteiger partial charge in [-0.25, -0.2) is 4.98 Å². The van der Waals surface area contributed by atoms with Gasteiger partial charge in [0.2, 0.25) is 5.91 Å². The lowest BCUT2D eigenvalue weighted by Crippen LogP contribution is -2.14. The second kappa shape index (κ2) is 6.79. The summed E-state index contributed by atoms with van der Waals surface area (Å²) in [6.45, 7) is 2.12. The van der Waals surface area contributed by atoms with Crippen LogP contribution in [0.1, 0.15) is 18.1 Å². The fraction of sp³-hybridized carbons (Fsp3) is 0.222. The Bertz CT molecular complexity index is 842. The van der Waals surface area contributed by atoms with Gasteiger partial charge in [0.25, 0.3) is 0 Å². The summed E-state index contributed by atoms with van der Waals surface area (Å²) in [7, 11) is 1.61. The summed E-state index contributed by atoms with van der Waals surface area (Å²) in [5, 5.41) is 3.51. The van der Waals surface area contributed by atoms with Crippen molar-refractivity contribution in [2.75, 3.05) is 12.4 Å². The number of aromatic nitrogens is 1. The highest BCUT2D eigenvalue weighted by Crippen LogP contribution is 2.27. The molecule has 0 aliphatic rings. The molecule has 2 aromatic carbocycles. The third-order valence-electron chi connectivity index (χ3n) is 3.65. The predicted octanol–water partition coefficient (Wildman–Crippen LogP) is 4.05. The van der Waals surface area contributed by atoms with Gasteiger partial charge >= 0.3 is 0 Å². The van der Waals surface area contributed by atoms with Crippen molar-refractivity contribution in [3.63, 3.8) is 0 Å². The van der Waals surface area contributed by atoms with Crippen LogP contribution in [0.5, 0.6) is 5.75 Å². The van der Waals surface area contributed by atoms with Gasteiger partial charge in [-0.05, 0) is 30.2 Å². The summed E-state index contributed by atoms with van der Waals surface area (Å²) in [6, 6.07) is 13.7. The van der Waals surface area contributed by atoms with E-state index in [1.165, 1.54) is 16.9 Å². The number of rotatable bonds is 5. The van der Waals surface area contributed by atoms with Crippen LogP contribution in [0.25, 0.3) is 10.2 Å². The monoisotopic (exact) mass is 326 g/mol. The molecule has 0 radical (unpaired) electrons. The standard InChI is InChI=1S/C18H18N2O2S/c1-3-12-8-9-14-16(10-12)23-18(19-14)20-17(21)11-13-6-4-5-7-15(13)22-2/h4-10H,3,11H2,1-2H3,(H,19,20,21). The number of methoxy groups -OCH3 is 1. The Morgan fingerprint density at radius 3 is 2.87 bits per heavy atom. The molecule has 0 saturated heterocycles. The molecule has 3 aromatic rings. The molecular weight excluding hydrogens is 308 g/mol. The van der Waals surface area contributed by atoms with Gasteiger partial charge in [-0.1, -0.05) is 42.5 Å². The highest BCUT2D eigenvalue weighted by Gasteiger charge is 2.11. The zero-order valence-corrected chi connectivity index (χ0v) is 13.9. The zero-order chi connectivity index (χ0) is 16.2. The van der Waals surface area contributed by atoms with Crippen LogP contribution < -0.4 is 10.1 Å². The van der Waals surface area contributed by atoms with Crippen molar-refractivity contribution in [2.45, 2.75) is 19.8 Å². The van der Waals surface area contributed by atoms with Crippen LogP contribution in [-0.2, 0) is 17.6 Å². The van der Waals surface area contributed by atoms with Crippen LogP contribution in [0.2, 0.25) is 0 Å². The quantitative estimate of drug-likeness (QED) is 0.769. The maximum absolute atomic E-state index is 12.2. The summed E-state index contributed by atoms with van der Waals surface area (Å²) in [5.41, 5.74) is 3.05. The SMILES string of the molecule is CCc1ccc2nc(NC(=O)Cc3ccccc3OC)sc2c1. The molecule has 4 nitrogen and oxygen atoms in total. The van der Waals surface area contributed by atoms with E-state index in [9.17, 15) is 4.79 Å². The molecule has 0 aliphatic carbocycles. The van der Waals surface area contributed by atoms with Crippen molar-refractivity contribution in [1.82, 2.24) is 4.98 Å². The van der Waals surface area contributed by atoms with Gasteiger partial charge in [0.05, 0.1) is 23.7 Å². The number of carbonyl (C=O) groups excluding carboxylic acids is 1. The minimum atomic E-state index is -0.0933. The van der Waals surface area contributed by atoms with Crippen LogP contribution in [-0.4, -0.2) is 18.0 Å². The van der Waals surface area contributed by atoms with E-state index in [2.05, 4.69) is 29.4 Å². The Labute approximate surface area is 139 Å². The van der Waals surface area contributed by atoms with Crippen molar-refractivity contribution in [3.05, 3.63) is 53.6 Å². The Kier molecular flexibility index (Phi) is 4.57. The van der Waals surface area contributed by atoms with Crippen LogP contribution in [0.15, 0.2) is 42.5 Å². The van der Waals surface area contributed by atoms with Gasteiger partial charge in [-0.15, -0.1) is 0 Å². The molecule has 0 atom stereocenters. The largest absolute Gasteiger partial charge is 0.496 e. The zero-order valence-electron chi connectivity index (χ0n) is 13.1. The average Bonchev–Trinajstić information content (AvgIpc) is 2.96. The van der Waals surface area contributed by atoms with Crippen molar-refractivity contribution in [2.24, 2.45) is 0 Å². The maximum atomic E-state index is 12.2. The number of ether oxygens (including phenoxy) is 1. The number of fused-ring (bicyclic) bond motifs is 1. The molecule has 0 fully saturated rings. The number of hydrogen-bond donors (Lipinski definition) is 1. The van der Waals surface area contributed by atoms with E-state index in [-0.39, 0.29) is 12.3 Å². The third kappa shape index (κ3) is 3.51. The molecule has 1 heterocycles. The van der Waals surface area contributed by atoms with Crippen molar-refractivity contribution >= 4 is 32.6 Å². The summed E-state index contributed by atoms with van der Waals surface area (Å²) >= 11 is 1.50. The van der Waals surface area contributed by atoms with Crippen molar-refractivity contribution in [3.8, 4) is 5.75 Å². The van der Waals surface area contributed by atoms with Gasteiger partial charge in [0, 0.05) is 5.56 Å². The first-order valence-electron chi connectivity index (χ1n) is 7.51. The molecule has 0 spiro atoms. The van der Waals surface area contributed by atoms with Crippen LogP contribution in [0, 0.1) is 0 Å². The van der Waals surface area contributed by atoms with E-state index in [1.54, 1.807) is 7.11 Å². The first-order chi connectivity index (χ1) is 11.2. The molecule has 0 bridgehead atoms. The molecule has 1 aromatic heterocycles. The minimum Gasteiger partial charge on any atom is -0.496 e. The lowest BCUT2D eigenvalue weighted by atomic mass is 10.1. The molecule has 23 heavy (non-hydrogen) atoms. The number of benzene rings is 2. The molecule has 1 amide bonds. The van der Waals surface area contributed by atoms with Crippen LogP contribution >= 0.6 is 11.3 Å². The van der Waals surface area contributed by atoms with E-state index in [0.29, 0.717) is 5.13 Å². The Morgan fingerprint density at radius 1 is 1.26 bits per heavy atom. The number of nitrogens with zero attached hydrogens (tertiary/aromatic N) is 1. The summed E-state index contributed by atoms with van der Waals surface area (Å²) in [4.78, 5) is 16.7. The van der Waals surface area contributed by atoms with Crippen LogP contribution in [0.3, 0.4) is 0 Å². The number of thiazole rings is 1. The lowest BCUT2D eigenvalue weighted by Gasteiger charge is -2.07. The van der Waals surface area contributed by atoms with E-state index >= 15 is 0 Å². The molecule has 5 heteroatoms. The Morgan fingerprint density at radius 2 is 2.09 bits per heavy atom. The summed E-state index contributed by atoms with van der Waals surface area (Å²) in [5.74, 6) is 0.629. The molecule has 0 saturated carbocycles. The first kappa shape index (κ1) is 15.5. The summed E-state index contributed by atoms with van der Waals surface area (Å²) < 4.78 is 6.37. The number of para-hydroxylation sites is 1. The maximum Gasteiger partial charge on any atom is 0.230 e. The number of nitrogens with one attached hydrogen (secondary N) is 1. The highest BCUT2D eigenvalue weighted by atomic mass is 32.1. The molecule has 0 aliphatic heterocycles. The second-order valence-corrected chi connectivity index (χ2v) is 6.24. The summed E-state index contributed by atoms with van der Waals surface area (Å²) in [6.07, 6.45) is 1.25. The van der Waals surface area contributed by atoms with Crippen molar-refractivity contribution in [1.29, 1.82) is 0 Å². The van der Waals surface area contributed by atoms with Gasteiger partial charge < -0.3 is 10.1 Å². The molecule has 3 rings (SSSR count). The smallest absolute Gasteiger partial charge is 0.230 e. The number of aryl methyl sites for hydroxylation is 1. The fourth-order valence-corrected chi connectivity index (χ4v) is 3.37.